The Balaban J connectivity index is 1.74. The van der Waals surface area contributed by atoms with Crippen molar-refractivity contribution < 1.29 is 33.6 Å². The fourth-order valence-electron chi connectivity index (χ4n) is 6.38. The summed E-state index contributed by atoms with van der Waals surface area (Å²) in [5.41, 5.74) is 1.57. The van der Waals surface area contributed by atoms with Crippen LogP contribution >= 0.6 is 0 Å². The van der Waals surface area contributed by atoms with E-state index in [1.807, 2.05) is 36.4 Å². The van der Waals surface area contributed by atoms with Crippen molar-refractivity contribution in [2.45, 2.75) is 40.2 Å². The van der Waals surface area contributed by atoms with Gasteiger partial charge in [-0.2, -0.15) is 0 Å². The van der Waals surface area contributed by atoms with E-state index in [0.29, 0.717) is 29.1 Å². The quantitative estimate of drug-likeness (QED) is 0.138. The zero-order chi connectivity index (χ0) is 30.9. The van der Waals surface area contributed by atoms with Crippen molar-refractivity contribution >= 4 is 99.2 Å². The second kappa shape index (κ2) is 11.5. The molecule has 0 radical (unpaired) electrons. The van der Waals surface area contributed by atoms with Crippen molar-refractivity contribution in [2.75, 3.05) is 23.0 Å². The lowest BCUT2D eigenvalue weighted by Crippen LogP contribution is -2.27. The van der Waals surface area contributed by atoms with E-state index in [9.17, 15) is 16.8 Å². The van der Waals surface area contributed by atoms with Gasteiger partial charge in [-0.3, -0.25) is 4.18 Å². The summed E-state index contributed by atoms with van der Waals surface area (Å²) in [5, 5.41) is 9.01. The van der Waals surface area contributed by atoms with Gasteiger partial charge in [0.1, 0.15) is 0 Å². The van der Waals surface area contributed by atoms with Gasteiger partial charge in [-0.15, -0.1) is 0 Å². The van der Waals surface area contributed by atoms with Crippen molar-refractivity contribution in [3.8, 4) is 11.5 Å². The van der Waals surface area contributed by atoms with Crippen LogP contribution in [0.3, 0.4) is 0 Å². The van der Waals surface area contributed by atoms with Crippen LogP contribution < -0.4 is 18.8 Å². The van der Waals surface area contributed by atoms with Gasteiger partial charge in [-0.1, -0.05) is 64.1 Å². The molecule has 5 aromatic rings. The van der Waals surface area contributed by atoms with E-state index in [1.165, 1.54) is 0 Å². The van der Waals surface area contributed by atoms with Gasteiger partial charge in [0.15, 0.2) is 34.4 Å². The minimum atomic E-state index is -1.64. The largest absolute Gasteiger partial charge is 0.401 e. The fraction of sp³-hybridized carbons (Fsp3) is 0.312. The van der Waals surface area contributed by atoms with Crippen molar-refractivity contribution in [3.05, 3.63) is 58.0 Å². The molecular formula is C32H30O8S4. The number of hydrogen-bond acceptors (Lipinski definition) is 8. The van der Waals surface area contributed by atoms with Gasteiger partial charge in [0.2, 0.25) is 33.2 Å². The predicted octanol–water partition coefficient (Wildman–Crippen LogP) is 4.76. The molecule has 230 valence electrons. The molecule has 2 aliphatic rings. The smallest absolute Gasteiger partial charge is 0.206 e. The molecule has 5 aromatic carbocycles. The van der Waals surface area contributed by atoms with Gasteiger partial charge >= 0.3 is 0 Å². The zero-order valence-corrected chi connectivity index (χ0v) is 27.8. The van der Waals surface area contributed by atoms with E-state index in [0.717, 1.165) is 59.3 Å². The first-order chi connectivity index (χ1) is 21.3. The third-order valence-electron chi connectivity index (χ3n) is 8.23. The summed E-state index contributed by atoms with van der Waals surface area (Å²) in [5.74, 6) is 2.10. The Hall–Kier alpha value is -2.90. The minimum absolute atomic E-state index is 0.270. The van der Waals surface area contributed by atoms with Crippen LogP contribution in [0.5, 0.6) is 11.5 Å². The van der Waals surface area contributed by atoms with E-state index in [-0.39, 0.29) is 23.0 Å². The minimum Gasteiger partial charge on any atom is -0.401 e. The highest BCUT2D eigenvalue weighted by Crippen LogP contribution is 2.53. The molecule has 0 amide bonds. The average molecular weight is 671 g/mol. The summed E-state index contributed by atoms with van der Waals surface area (Å²) >= 11 is -6.53. The summed E-state index contributed by atoms with van der Waals surface area (Å²) in [6.45, 7) is 7.11. The Morgan fingerprint density at radius 1 is 0.636 bits per heavy atom. The molecule has 8 nitrogen and oxygen atoms in total. The Kier molecular flexibility index (Phi) is 7.77. The molecule has 7 rings (SSSR count). The van der Waals surface area contributed by atoms with Crippen molar-refractivity contribution in [2.24, 2.45) is 0 Å². The summed E-state index contributed by atoms with van der Waals surface area (Å²) < 4.78 is 75.9. The second-order valence-electron chi connectivity index (χ2n) is 10.4. The van der Waals surface area contributed by atoms with Crippen LogP contribution in [0.15, 0.2) is 36.4 Å². The van der Waals surface area contributed by atoms with E-state index >= 15 is 0 Å². The molecule has 0 saturated carbocycles. The van der Waals surface area contributed by atoms with Crippen LogP contribution in [0.1, 0.15) is 44.9 Å². The fourth-order valence-corrected chi connectivity index (χ4v) is 8.36. The Morgan fingerprint density at radius 3 is 2.00 bits per heavy atom. The molecule has 5 unspecified atom stereocenters. The molecule has 0 bridgehead atoms. The summed E-state index contributed by atoms with van der Waals surface area (Å²) in [7, 11) is 0. The number of rotatable bonds is 12. The second-order valence-corrected chi connectivity index (χ2v) is 15.9. The molecular weight excluding hydrogens is 641 g/mol. The van der Waals surface area contributed by atoms with Gasteiger partial charge in [0.25, 0.3) is 0 Å². The first-order valence-corrected chi connectivity index (χ1v) is 19.5. The van der Waals surface area contributed by atoms with Crippen LogP contribution in [0.2, 0.25) is 0 Å². The lowest BCUT2D eigenvalue weighted by atomic mass is 9.79. The monoisotopic (exact) mass is 670 g/mol. The molecule has 0 spiro atoms. The first kappa shape index (κ1) is 29.8. The van der Waals surface area contributed by atoms with Gasteiger partial charge in [0, 0.05) is 32.7 Å². The highest BCUT2D eigenvalue weighted by Gasteiger charge is 2.35. The molecule has 0 aromatic heterocycles. The van der Waals surface area contributed by atoms with Crippen molar-refractivity contribution in [1.29, 1.82) is 0 Å². The third-order valence-corrected chi connectivity index (χ3v) is 11.6. The molecule has 0 fully saturated rings. The number of benzene rings is 5. The first-order valence-electron chi connectivity index (χ1n) is 14.5. The highest BCUT2D eigenvalue weighted by atomic mass is 32.2. The molecule has 12 heteroatoms. The van der Waals surface area contributed by atoms with Crippen LogP contribution in [0.4, 0.5) is 0 Å². The lowest BCUT2D eigenvalue weighted by Gasteiger charge is -2.30. The Labute approximate surface area is 264 Å². The van der Waals surface area contributed by atoms with E-state index in [1.54, 1.807) is 27.7 Å². The molecule has 44 heavy (non-hydrogen) atoms. The van der Waals surface area contributed by atoms with E-state index in [2.05, 4.69) is 6.08 Å². The Bertz CT molecular complexity index is 2240. The Morgan fingerprint density at radius 2 is 1.30 bits per heavy atom. The normalized spacial score (nSPS) is 18.3. The van der Waals surface area contributed by atoms with Crippen molar-refractivity contribution in [1.82, 2.24) is 0 Å². The van der Waals surface area contributed by atoms with Gasteiger partial charge < -0.3 is 12.5 Å². The lowest BCUT2D eigenvalue weighted by molar-refractivity contribution is 0.258. The average Bonchev–Trinajstić information content (AvgIpc) is 3.05. The highest BCUT2D eigenvalue weighted by molar-refractivity contribution is 7.81. The molecule has 2 aliphatic carbocycles. The van der Waals surface area contributed by atoms with Gasteiger partial charge in [-0.05, 0) is 50.2 Å². The summed E-state index contributed by atoms with van der Waals surface area (Å²) in [6.07, 6.45) is 1.74. The summed E-state index contributed by atoms with van der Waals surface area (Å²) in [4.78, 5) is 0. The molecule has 0 aliphatic heterocycles. The maximum absolute atomic E-state index is 12.9. The predicted molar refractivity (Wildman–Crippen MR) is 179 cm³/mol. The zero-order valence-electron chi connectivity index (χ0n) is 24.6. The van der Waals surface area contributed by atoms with E-state index < -0.39 is 50.4 Å². The van der Waals surface area contributed by atoms with Gasteiger partial charge in [0.05, 0.1) is 17.3 Å². The standard InChI is InChI=1S/C32H30O8S4/c1-5-41(33)37-29-19-13-9-17-11-15-21-27-23(17)25(19)26-20(30(29)38-42(34)6-2)14-10-18-12-16-22(28(27)24(18)26)32(40-44(36)8-4)31(21)39-43(35)7-3/h9-15,29H,5-8,16H2,1-4H3. The number of hydrogen-bond donors (Lipinski definition) is 0. The molecule has 0 heterocycles. The van der Waals surface area contributed by atoms with Crippen LogP contribution in [0.25, 0.3) is 54.9 Å². The van der Waals surface area contributed by atoms with Gasteiger partial charge in [-0.25, -0.2) is 16.8 Å². The SMILES string of the molecule is CCS(=O)OC1=c2ccc3c4c5c(c(OS(=O)CC)c(OS(=O)CC)c6ccc7ccc(c(c24)c7c65)C1OS(=O)CC)CC=3. The van der Waals surface area contributed by atoms with Crippen LogP contribution in [-0.2, 0) is 59.1 Å². The third kappa shape index (κ3) is 4.44. The van der Waals surface area contributed by atoms with E-state index in [4.69, 9.17) is 16.7 Å². The van der Waals surface area contributed by atoms with Crippen LogP contribution in [0, 0.1) is 0 Å². The summed E-state index contributed by atoms with van der Waals surface area (Å²) in [6, 6.07) is 11.9. The van der Waals surface area contributed by atoms with Crippen molar-refractivity contribution in [3.63, 3.8) is 0 Å². The topological polar surface area (TPSA) is 105 Å². The maximum atomic E-state index is 12.9. The maximum Gasteiger partial charge on any atom is 0.206 e. The molecule has 0 N–H and O–H groups in total. The molecule has 5 atom stereocenters. The van der Waals surface area contributed by atoms with Crippen LogP contribution in [-0.4, -0.2) is 39.8 Å². The molecule has 0 saturated heterocycles.